The second-order valence-electron chi connectivity index (χ2n) is 5.49. The van der Waals surface area contributed by atoms with E-state index in [1.165, 1.54) is 19.3 Å². The Morgan fingerprint density at radius 1 is 1.50 bits per heavy atom. The first-order valence-corrected chi connectivity index (χ1v) is 9.19. The molecule has 0 amide bonds. The van der Waals surface area contributed by atoms with E-state index in [9.17, 15) is 0 Å². The molecule has 22 heavy (non-hydrogen) atoms. The molecule has 1 heterocycles. The minimum atomic E-state index is 0.523. The van der Waals surface area contributed by atoms with Crippen LogP contribution in [0.5, 0.6) is 0 Å². The van der Waals surface area contributed by atoms with Crippen LogP contribution >= 0.6 is 11.8 Å². The van der Waals surface area contributed by atoms with Gasteiger partial charge in [0.2, 0.25) is 0 Å². The maximum absolute atomic E-state index is 5.35. The third kappa shape index (κ3) is 5.93. The van der Waals surface area contributed by atoms with E-state index in [-0.39, 0.29) is 0 Å². The molecule has 2 N–H and O–H groups in total. The molecule has 1 saturated carbocycles. The van der Waals surface area contributed by atoms with E-state index in [1.54, 1.807) is 13.4 Å². The van der Waals surface area contributed by atoms with E-state index in [0.717, 1.165) is 29.9 Å². The fourth-order valence-corrected chi connectivity index (χ4v) is 3.44. The number of ether oxygens (including phenoxy) is 1. The van der Waals surface area contributed by atoms with E-state index in [2.05, 4.69) is 21.9 Å². The molecule has 1 aliphatic carbocycles. The van der Waals surface area contributed by atoms with Crippen LogP contribution in [0.15, 0.2) is 27.8 Å². The summed E-state index contributed by atoms with van der Waals surface area (Å²) in [5, 5.41) is 7.73. The maximum Gasteiger partial charge on any atom is 0.191 e. The molecule has 124 valence electrons. The molecule has 1 aromatic rings. The van der Waals surface area contributed by atoms with Crippen molar-refractivity contribution in [2.45, 2.75) is 37.0 Å². The summed E-state index contributed by atoms with van der Waals surface area (Å²) >= 11 is 1.97. The fourth-order valence-electron chi connectivity index (χ4n) is 2.64. The summed E-state index contributed by atoms with van der Waals surface area (Å²) in [6.45, 7) is 2.12. The highest BCUT2D eigenvalue weighted by Gasteiger charge is 2.24. The number of furan rings is 1. The van der Waals surface area contributed by atoms with Crippen LogP contribution in [0.1, 0.15) is 25.0 Å². The maximum atomic E-state index is 5.35. The molecule has 2 rings (SSSR count). The molecule has 0 aliphatic heterocycles. The smallest absolute Gasteiger partial charge is 0.191 e. The highest BCUT2D eigenvalue weighted by atomic mass is 32.2. The number of nitrogens with one attached hydrogen (secondary N) is 2. The molecule has 0 bridgehead atoms. The van der Waals surface area contributed by atoms with Crippen LogP contribution in [0.2, 0.25) is 0 Å². The quantitative estimate of drug-likeness (QED) is 0.436. The van der Waals surface area contributed by atoms with Crippen molar-refractivity contribution in [2.75, 3.05) is 33.1 Å². The van der Waals surface area contributed by atoms with Crippen molar-refractivity contribution in [2.24, 2.45) is 4.99 Å². The molecule has 0 radical (unpaired) electrons. The Balaban J connectivity index is 1.78. The van der Waals surface area contributed by atoms with Gasteiger partial charge >= 0.3 is 0 Å². The second kappa shape index (κ2) is 9.79. The van der Waals surface area contributed by atoms with Crippen LogP contribution in [-0.2, 0) is 11.2 Å². The topological polar surface area (TPSA) is 58.8 Å². The van der Waals surface area contributed by atoms with Gasteiger partial charge in [-0.2, -0.15) is 11.8 Å². The minimum absolute atomic E-state index is 0.523. The first-order chi connectivity index (χ1) is 10.8. The van der Waals surface area contributed by atoms with Crippen LogP contribution in [0, 0.1) is 0 Å². The van der Waals surface area contributed by atoms with Crippen LogP contribution in [0.25, 0.3) is 0 Å². The van der Waals surface area contributed by atoms with E-state index >= 15 is 0 Å². The van der Waals surface area contributed by atoms with Crippen molar-refractivity contribution in [1.82, 2.24) is 10.6 Å². The van der Waals surface area contributed by atoms with Gasteiger partial charge in [0.25, 0.3) is 0 Å². The normalized spacial score (nSPS) is 22.0. The van der Waals surface area contributed by atoms with Crippen molar-refractivity contribution < 1.29 is 9.15 Å². The SMILES string of the molecule is COCCN=C(NCCc1ccco1)NC1CCC(SC)C1. The Labute approximate surface area is 137 Å². The molecule has 0 spiro atoms. The number of hydrogen-bond acceptors (Lipinski definition) is 4. The minimum Gasteiger partial charge on any atom is -0.469 e. The Kier molecular flexibility index (Phi) is 7.66. The third-order valence-electron chi connectivity index (χ3n) is 3.87. The van der Waals surface area contributed by atoms with Gasteiger partial charge in [-0.1, -0.05) is 0 Å². The van der Waals surface area contributed by atoms with Crippen LogP contribution in [-0.4, -0.2) is 50.3 Å². The lowest BCUT2D eigenvalue weighted by Gasteiger charge is -2.17. The van der Waals surface area contributed by atoms with Crippen molar-refractivity contribution in [3.05, 3.63) is 24.2 Å². The lowest BCUT2D eigenvalue weighted by molar-refractivity contribution is 0.208. The standard InChI is InChI=1S/C16H27N3O2S/c1-20-11-9-18-16(17-8-7-14-4-3-10-21-14)19-13-5-6-15(12-13)22-2/h3-4,10,13,15H,5-9,11-12H2,1-2H3,(H2,17,18,19). The molecule has 0 saturated heterocycles. The highest BCUT2D eigenvalue weighted by Crippen LogP contribution is 2.27. The zero-order valence-corrected chi connectivity index (χ0v) is 14.3. The number of guanidine groups is 1. The van der Waals surface area contributed by atoms with Gasteiger partial charge in [-0.25, -0.2) is 0 Å². The predicted octanol–water partition coefficient (Wildman–Crippen LogP) is 2.29. The number of nitrogens with zero attached hydrogens (tertiary/aromatic N) is 1. The van der Waals surface area contributed by atoms with Crippen molar-refractivity contribution in [1.29, 1.82) is 0 Å². The van der Waals surface area contributed by atoms with Gasteiger partial charge in [0.05, 0.1) is 19.4 Å². The number of hydrogen-bond donors (Lipinski definition) is 2. The molecule has 2 unspecified atom stereocenters. The average Bonchev–Trinajstić information content (AvgIpc) is 3.18. The molecule has 2 atom stereocenters. The van der Waals surface area contributed by atoms with Gasteiger partial charge in [0, 0.05) is 31.4 Å². The molecular weight excluding hydrogens is 298 g/mol. The number of aliphatic imine (C=N–C) groups is 1. The number of methoxy groups -OCH3 is 1. The van der Waals surface area contributed by atoms with Gasteiger partial charge in [-0.15, -0.1) is 0 Å². The lowest BCUT2D eigenvalue weighted by Crippen LogP contribution is -2.43. The van der Waals surface area contributed by atoms with Crippen molar-refractivity contribution in [3.8, 4) is 0 Å². The van der Waals surface area contributed by atoms with E-state index in [0.29, 0.717) is 19.2 Å². The Bertz CT molecular complexity index is 437. The van der Waals surface area contributed by atoms with E-state index in [4.69, 9.17) is 9.15 Å². The largest absolute Gasteiger partial charge is 0.469 e. The molecule has 6 heteroatoms. The molecule has 1 fully saturated rings. The van der Waals surface area contributed by atoms with E-state index < -0.39 is 0 Å². The first kappa shape index (κ1) is 17.2. The molecule has 1 aliphatic rings. The monoisotopic (exact) mass is 325 g/mol. The predicted molar refractivity (Wildman–Crippen MR) is 92.7 cm³/mol. The summed E-state index contributed by atoms with van der Waals surface area (Å²) in [4.78, 5) is 4.58. The first-order valence-electron chi connectivity index (χ1n) is 7.90. The Morgan fingerprint density at radius 3 is 3.09 bits per heavy atom. The van der Waals surface area contributed by atoms with E-state index in [1.807, 2.05) is 23.9 Å². The Morgan fingerprint density at radius 2 is 2.41 bits per heavy atom. The summed E-state index contributed by atoms with van der Waals surface area (Å²) in [6.07, 6.45) is 8.48. The van der Waals surface area contributed by atoms with Crippen LogP contribution in [0.3, 0.4) is 0 Å². The van der Waals surface area contributed by atoms with Gasteiger partial charge in [0.1, 0.15) is 5.76 Å². The molecule has 0 aromatic carbocycles. The van der Waals surface area contributed by atoms with Crippen LogP contribution < -0.4 is 10.6 Å². The number of thioether (sulfide) groups is 1. The molecule has 5 nitrogen and oxygen atoms in total. The fraction of sp³-hybridized carbons (Fsp3) is 0.688. The van der Waals surface area contributed by atoms with Crippen molar-refractivity contribution >= 4 is 17.7 Å². The Hall–Kier alpha value is -1.14. The summed E-state index contributed by atoms with van der Waals surface area (Å²) < 4.78 is 10.4. The summed E-state index contributed by atoms with van der Waals surface area (Å²) in [5.74, 6) is 1.88. The molecular formula is C16H27N3O2S. The van der Waals surface area contributed by atoms with Crippen LogP contribution in [0.4, 0.5) is 0 Å². The van der Waals surface area contributed by atoms with Gasteiger partial charge in [-0.05, 0) is 37.7 Å². The second-order valence-corrected chi connectivity index (χ2v) is 6.63. The zero-order chi connectivity index (χ0) is 15.6. The lowest BCUT2D eigenvalue weighted by atomic mass is 10.2. The zero-order valence-electron chi connectivity index (χ0n) is 13.5. The summed E-state index contributed by atoms with van der Waals surface area (Å²) in [6, 6.07) is 4.44. The third-order valence-corrected chi connectivity index (χ3v) is 4.96. The highest BCUT2D eigenvalue weighted by molar-refractivity contribution is 7.99. The van der Waals surface area contributed by atoms with Gasteiger partial charge in [-0.3, -0.25) is 4.99 Å². The summed E-state index contributed by atoms with van der Waals surface area (Å²) in [7, 11) is 1.70. The van der Waals surface area contributed by atoms with Gasteiger partial charge < -0.3 is 19.8 Å². The molecule has 1 aromatic heterocycles. The average molecular weight is 325 g/mol. The summed E-state index contributed by atoms with van der Waals surface area (Å²) in [5.41, 5.74) is 0. The van der Waals surface area contributed by atoms with Crippen molar-refractivity contribution in [3.63, 3.8) is 0 Å². The number of rotatable bonds is 8. The van der Waals surface area contributed by atoms with Gasteiger partial charge in [0.15, 0.2) is 5.96 Å².